The van der Waals surface area contributed by atoms with Crippen LogP contribution in [0, 0.1) is 0 Å². The van der Waals surface area contributed by atoms with Crippen molar-refractivity contribution >= 4 is 0 Å². The maximum atomic E-state index is 9.24. The molecule has 3 rings (SSSR count). The first-order chi connectivity index (χ1) is 6.90. The van der Waals surface area contributed by atoms with E-state index in [4.69, 9.17) is 9.47 Å². The number of fused-ring (bicyclic) bond motifs is 3. The van der Waals surface area contributed by atoms with Crippen LogP contribution in [0.2, 0.25) is 0 Å². The Bertz CT molecular complexity index is 385. The average Bonchev–Trinajstić information content (AvgIpc) is 2.83. The van der Waals surface area contributed by atoms with Gasteiger partial charge in [-0.3, -0.25) is 0 Å². The van der Waals surface area contributed by atoms with Crippen molar-refractivity contribution in [2.24, 2.45) is 0 Å². The second-order valence-electron chi connectivity index (χ2n) is 3.69. The zero-order valence-corrected chi connectivity index (χ0v) is 7.88. The van der Waals surface area contributed by atoms with Crippen molar-refractivity contribution in [2.75, 3.05) is 13.2 Å². The molecule has 1 aromatic rings. The molecule has 0 unspecified atom stereocenters. The molecule has 0 saturated carbocycles. The highest BCUT2D eigenvalue weighted by Crippen LogP contribution is 2.43. The summed E-state index contributed by atoms with van der Waals surface area (Å²) in [4.78, 5) is 0. The minimum atomic E-state index is 0.0962. The molecule has 0 fully saturated rings. The highest BCUT2D eigenvalue weighted by molar-refractivity contribution is 5.58. The lowest BCUT2D eigenvalue weighted by Gasteiger charge is -2.09. The standard InChI is InChI=1S/C11H12O3/c12-6-8-5-7-1-3-13-10(7)11-9(8)2-4-14-11/h5,12H,1-4,6H2. The number of aliphatic hydroxyl groups excluding tert-OH is 1. The Kier molecular flexibility index (Phi) is 1.67. The van der Waals surface area contributed by atoms with E-state index in [2.05, 4.69) is 6.07 Å². The lowest BCUT2D eigenvalue weighted by Crippen LogP contribution is -1.93. The van der Waals surface area contributed by atoms with Gasteiger partial charge in [0.1, 0.15) is 0 Å². The van der Waals surface area contributed by atoms with Crippen molar-refractivity contribution in [3.63, 3.8) is 0 Å². The van der Waals surface area contributed by atoms with Gasteiger partial charge in [0.25, 0.3) is 0 Å². The van der Waals surface area contributed by atoms with Gasteiger partial charge >= 0.3 is 0 Å². The first-order valence-electron chi connectivity index (χ1n) is 4.94. The van der Waals surface area contributed by atoms with Crippen molar-refractivity contribution < 1.29 is 14.6 Å². The van der Waals surface area contributed by atoms with Crippen LogP contribution in [0.1, 0.15) is 16.7 Å². The SMILES string of the molecule is OCc1cc2c(c3c1CCO3)OCC2. The molecule has 0 aromatic heterocycles. The van der Waals surface area contributed by atoms with Crippen LogP contribution >= 0.6 is 0 Å². The summed E-state index contributed by atoms with van der Waals surface area (Å²) in [5.74, 6) is 1.79. The lowest BCUT2D eigenvalue weighted by atomic mass is 10.0. The summed E-state index contributed by atoms with van der Waals surface area (Å²) in [7, 11) is 0. The van der Waals surface area contributed by atoms with Gasteiger partial charge in [-0.15, -0.1) is 0 Å². The molecule has 0 amide bonds. The van der Waals surface area contributed by atoms with Crippen LogP contribution in [0.15, 0.2) is 6.07 Å². The zero-order chi connectivity index (χ0) is 9.54. The molecule has 0 atom stereocenters. The van der Waals surface area contributed by atoms with E-state index in [9.17, 15) is 5.11 Å². The van der Waals surface area contributed by atoms with Gasteiger partial charge < -0.3 is 14.6 Å². The van der Waals surface area contributed by atoms with Crippen LogP contribution in [0.5, 0.6) is 11.5 Å². The maximum Gasteiger partial charge on any atom is 0.165 e. The second-order valence-corrected chi connectivity index (χ2v) is 3.69. The molecule has 2 heterocycles. The van der Waals surface area contributed by atoms with Crippen molar-refractivity contribution in [1.82, 2.24) is 0 Å². The summed E-state index contributed by atoms with van der Waals surface area (Å²) in [5, 5.41) is 9.24. The van der Waals surface area contributed by atoms with E-state index in [1.807, 2.05) is 0 Å². The minimum absolute atomic E-state index is 0.0962. The Labute approximate surface area is 82.3 Å². The van der Waals surface area contributed by atoms with E-state index in [-0.39, 0.29) is 6.61 Å². The molecule has 14 heavy (non-hydrogen) atoms. The van der Waals surface area contributed by atoms with E-state index >= 15 is 0 Å². The fourth-order valence-electron chi connectivity index (χ4n) is 2.22. The van der Waals surface area contributed by atoms with Gasteiger partial charge in [0, 0.05) is 24.0 Å². The van der Waals surface area contributed by atoms with Crippen LogP contribution in [0.4, 0.5) is 0 Å². The lowest BCUT2D eigenvalue weighted by molar-refractivity contribution is 0.280. The number of ether oxygens (including phenoxy) is 2. The van der Waals surface area contributed by atoms with E-state index in [0.29, 0.717) is 6.61 Å². The van der Waals surface area contributed by atoms with E-state index in [0.717, 1.165) is 42.1 Å². The van der Waals surface area contributed by atoms with E-state index in [1.165, 1.54) is 5.56 Å². The molecule has 3 heteroatoms. The third-order valence-corrected chi connectivity index (χ3v) is 2.89. The molecule has 0 spiro atoms. The largest absolute Gasteiger partial charge is 0.489 e. The molecule has 3 nitrogen and oxygen atoms in total. The zero-order valence-electron chi connectivity index (χ0n) is 7.88. The fraction of sp³-hybridized carbons (Fsp3) is 0.455. The second kappa shape index (κ2) is 2.89. The third kappa shape index (κ3) is 0.960. The molecule has 74 valence electrons. The van der Waals surface area contributed by atoms with Crippen molar-refractivity contribution in [3.8, 4) is 11.5 Å². The third-order valence-electron chi connectivity index (χ3n) is 2.89. The summed E-state index contributed by atoms with van der Waals surface area (Å²) in [6, 6.07) is 2.05. The first kappa shape index (κ1) is 8.12. The molecule has 0 radical (unpaired) electrons. The van der Waals surface area contributed by atoms with Gasteiger partial charge in [-0.1, -0.05) is 0 Å². The summed E-state index contributed by atoms with van der Waals surface area (Å²) in [5.41, 5.74) is 3.31. The molecule has 2 aliphatic heterocycles. The Hall–Kier alpha value is -1.22. The molecular weight excluding hydrogens is 180 g/mol. The molecule has 1 N–H and O–H groups in total. The van der Waals surface area contributed by atoms with Crippen LogP contribution in [0.25, 0.3) is 0 Å². The fourth-order valence-corrected chi connectivity index (χ4v) is 2.22. The molecule has 0 aliphatic carbocycles. The highest BCUT2D eigenvalue weighted by Gasteiger charge is 2.26. The molecule has 1 aromatic carbocycles. The average molecular weight is 192 g/mol. The highest BCUT2D eigenvalue weighted by atomic mass is 16.5. The number of rotatable bonds is 1. The predicted octanol–water partition coefficient (Wildman–Crippen LogP) is 1.05. The molecule has 0 saturated heterocycles. The van der Waals surface area contributed by atoms with Crippen LogP contribution in [-0.2, 0) is 19.4 Å². The Morgan fingerprint density at radius 2 is 1.93 bits per heavy atom. The maximum absolute atomic E-state index is 9.24. The Balaban J connectivity index is 2.23. The van der Waals surface area contributed by atoms with E-state index < -0.39 is 0 Å². The molecule has 2 aliphatic rings. The first-order valence-corrected chi connectivity index (χ1v) is 4.94. The van der Waals surface area contributed by atoms with E-state index in [1.54, 1.807) is 0 Å². The van der Waals surface area contributed by atoms with Gasteiger partial charge in [-0.2, -0.15) is 0 Å². The number of aliphatic hydroxyl groups is 1. The minimum Gasteiger partial charge on any atom is -0.489 e. The monoisotopic (exact) mass is 192 g/mol. The van der Waals surface area contributed by atoms with Gasteiger partial charge in [0.2, 0.25) is 0 Å². The Morgan fingerprint density at radius 3 is 2.79 bits per heavy atom. The predicted molar refractivity (Wildman–Crippen MR) is 50.8 cm³/mol. The van der Waals surface area contributed by atoms with Crippen LogP contribution in [0.3, 0.4) is 0 Å². The van der Waals surface area contributed by atoms with Gasteiger partial charge in [-0.05, 0) is 11.6 Å². The normalized spacial score (nSPS) is 17.2. The number of hydrogen-bond acceptors (Lipinski definition) is 3. The topological polar surface area (TPSA) is 38.7 Å². The van der Waals surface area contributed by atoms with Gasteiger partial charge in [0.05, 0.1) is 19.8 Å². The smallest absolute Gasteiger partial charge is 0.165 e. The van der Waals surface area contributed by atoms with Crippen molar-refractivity contribution in [3.05, 3.63) is 22.8 Å². The molecular formula is C11H12O3. The van der Waals surface area contributed by atoms with Crippen LogP contribution < -0.4 is 9.47 Å². The van der Waals surface area contributed by atoms with Crippen molar-refractivity contribution in [1.29, 1.82) is 0 Å². The van der Waals surface area contributed by atoms with Crippen LogP contribution in [-0.4, -0.2) is 18.3 Å². The molecule has 0 bridgehead atoms. The number of benzene rings is 1. The summed E-state index contributed by atoms with van der Waals surface area (Å²) < 4.78 is 11.1. The van der Waals surface area contributed by atoms with Gasteiger partial charge in [-0.25, -0.2) is 0 Å². The summed E-state index contributed by atoms with van der Waals surface area (Å²) in [6.45, 7) is 1.54. The quantitative estimate of drug-likeness (QED) is 0.722. The van der Waals surface area contributed by atoms with Gasteiger partial charge in [0.15, 0.2) is 11.5 Å². The Morgan fingerprint density at radius 1 is 1.14 bits per heavy atom. The summed E-state index contributed by atoms with van der Waals surface area (Å²) in [6.07, 6.45) is 1.82. The number of hydrogen-bond donors (Lipinski definition) is 1. The van der Waals surface area contributed by atoms with Crippen molar-refractivity contribution in [2.45, 2.75) is 19.4 Å². The summed E-state index contributed by atoms with van der Waals surface area (Å²) >= 11 is 0.